The van der Waals surface area contributed by atoms with Crippen molar-refractivity contribution in [3.63, 3.8) is 0 Å². The van der Waals surface area contributed by atoms with Gasteiger partial charge in [-0.1, -0.05) is 11.6 Å². The van der Waals surface area contributed by atoms with Gasteiger partial charge in [0.05, 0.1) is 18.8 Å². The van der Waals surface area contributed by atoms with E-state index in [1.54, 1.807) is 19.5 Å². The van der Waals surface area contributed by atoms with Gasteiger partial charge in [-0.05, 0) is 50.2 Å². The van der Waals surface area contributed by atoms with Crippen LogP contribution in [0.3, 0.4) is 0 Å². The predicted octanol–water partition coefficient (Wildman–Crippen LogP) is 3.98. The summed E-state index contributed by atoms with van der Waals surface area (Å²) in [6.07, 6.45) is 7.87. The van der Waals surface area contributed by atoms with E-state index < -0.39 is 0 Å². The van der Waals surface area contributed by atoms with Crippen LogP contribution < -0.4 is 0 Å². The van der Waals surface area contributed by atoms with Crippen molar-refractivity contribution in [2.45, 2.75) is 19.8 Å². The number of methoxy groups -OCH3 is 1. The fourth-order valence-electron chi connectivity index (χ4n) is 3.84. The molecule has 0 aliphatic carbocycles. The molecule has 4 heteroatoms. The molecule has 4 nitrogen and oxygen atoms in total. The number of aromatic nitrogens is 2. The average Bonchev–Trinajstić information content (AvgIpc) is 2.80. The van der Waals surface area contributed by atoms with Crippen molar-refractivity contribution < 1.29 is 4.74 Å². The second kappa shape index (κ2) is 6.96. The number of nitrogens with zero attached hydrogens (tertiary/aromatic N) is 3. The van der Waals surface area contributed by atoms with Crippen LogP contribution in [0, 0.1) is 6.92 Å². The first-order valence-electron chi connectivity index (χ1n) is 9.14. The Labute approximate surface area is 154 Å². The fraction of sp³-hybridized carbons (Fsp3) is 0.318. The Hall–Kier alpha value is -2.59. The van der Waals surface area contributed by atoms with E-state index >= 15 is 0 Å². The van der Waals surface area contributed by atoms with Gasteiger partial charge in [0.1, 0.15) is 5.76 Å². The van der Waals surface area contributed by atoms with Gasteiger partial charge < -0.3 is 14.2 Å². The summed E-state index contributed by atoms with van der Waals surface area (Å²) in [5.41, 5.74) is 6.48. The molecule has 0 saturated heterocycles. The number of hydrogen-bond acceptors (Lipinski definition) is 3. The van der Waals surface area contributed by atoms with Crippen molar-refractivity contribution in [3.8, 4) is 0 Å². The van der Waals surface area contributed by atoms with Crippen LogP contribution in [0.5, 0.6) is 0 Å². The van der Waals surface area contributed by atoms with Crippen molar-refractivity contribution in [2.75, 3.05) is 27.2 Å². The van der Waals surface area contributed by atoms with Crippen LogP contribution in [0.4, 0.5) is 0 Å². The Morgan fingerprint density at radius 3 is 2.65 bits per heavy atom. The summed E-state index contributed by atoms with van der Waals surface area (Å²) in [6.45, 7) is 4.35. The van der Waals surface area contributed by atoms with Crippen LogP contribution in [0.2, 0.25) is 0 Å². The number of pyridine rings is 1. The summed E-state index contributed by atoms with van der Waals surface area (Å²) in [5, 5.41) is 1.37. The number of benzene rings is 1. The fourth-order valence-corrected chi connectivity index (χ4v) is 3.84. The Morgan fingerprint density at radius 1 is 1.12 bits per heavy atom. The predicted molar refractivity (Wildman–Crippen MR) is 107 cm³/mol. The van der Waals surface area contributed by atoms with E-state index in [1.165, 1.54) is 27.7 Å². The van der Waals surface area contributed by atoms with Gasteiger partial charge in [-0.2, -0.15) is 0 Å². The second-order valence-corrected chi connectivity index (χ2v) is 7.05. The van der Waals surface area contributed by atoms with Gasteiger partial charge in [-0.15, -0.1) is 0 Å². The smallest absolute Gasteiger partial charge is 0.142 e. The van der Waals surface area contributed by atoms with Gasteiger partial charge in [0.2, 0.25) is 0 Å². The van der Waals surface area contributed by atoms with E-state index in [0.717, 1.165) is 37.3 Å². The molecule has 0 N–H and O–H groups in total. The van der Waals surface area contributed by atoms with Gasteiger partial charge in [-0.25, -0.2) is 0 Å². The molecule has 0 bridgehead atoms. The van der Waals surface area contributed by atoms with Crippen LogP contribution in [0.1, 0.15) is 22.4 Å². The van der Waals surface area contributed by atoms with E-state index in [4.69, 9.17) is 4.74 Å². The highest BCUT2D eigenvalue weighted by atomic mass is 16.5. The summed E-state index contributed by atoms with van der Waals surface area (Å²) in [7, 11) is 3.94. The third-order valence-electron chi connectivity index (χ3n) is 5.28. The number of aryl methyl sites for hydroxylation is 1. The summed E-state index contributed by atoms with van der Waals surface area (Å²) in [4.78, 5) is 6.53. The molecular formula is C22H25N3O. The van der Waals surface area contributed by atoms with Crippen molar-refractivity contribution in [1.29, 1.82) is 0 Å². The Kier molecular flexibility index (Phi) is 4.51. The zero-order chi connectivity index (χ0) is 18.1. The van der Waals surface area contributed by atoms with Gasteiger partial charge in [0.25, 0.3) is 0 Å². The Morgan fingerprint density at radius 2 is 1.88 bits per heavy atom. The first kappa shape index (κ1) is 16.9. The normalized spacial score (nSPS) is 15.7. The van der Waals surface area contributed by atoms with E-state index in [0.29, 0.717) is 0 Å². The second-order valence-electron chi connectivity index (χ2n) is 7.05. The van der Waals surface area contributed by atoms with Crippen molar-refractivity contribution in [3.05, 3.63) is 65.1 Å². The largest absolute Gasteiger partial charge is 0.495 e. The van der Waals surface area contributed by atoms with Gasteiger partial charge >= 0.3 is 0 Å². The van der Waals surface area contributed by atoms with Crippen LogP contribution in [0.15, 0.2) is 42.7 Å². The average molecular weight is 347 g/mol. The van der Waals surface area contributed by atoms with E-state index in [9.17, 15) is 0 Å². The standard InChI is InChI=1S/C22H25N3O/c1-16-4-5-20-19(14-16)18-8-12-24(2)13-9-21(18)25(20)15-22(26-3)17-6-10-23-11-7-17/h4-7,10-11,14-15H,8-9,12-13H2,1-3H3/b22-15-. The minimum Gasteiger partial charge on any atom is -0.495 e. The molecule has 1 aromatic carbocycles. The van der Waals surface area contributed by atoms with Gasteiger partial charge in [0.15, 0.2) is 0 Å². The molecule has 0 fully saturated rings. The first-order chi connectivity index (χ1) is 12.7. The highest BCUT2D eigenvalue weighted by molar-refractivity contribution is 5.90. The summed E-state index contributed by atoms with van der Waals surface area (Å²) in [6, 6.07) is 10.7. The number of rotatable bonds is 3. The van der Waals surface area contributed by atoms with E-state index in [-0.39, 0.29) is 0 Å². The molecular weight excluding hydrogens is 322 g/mol. The minimum atomic E-state index is 0.852. The third-order valence-corrected chi connectivity index (χ3v) is 5.28. The van der Waals surface area contributed by atoms with Gasteiger partial charge in [-0.3, -0.25) is 4.98 Å². The molecule has 26 heavy (non-hydrogen) atoms. The molecule has 1 aliphatic rings. The van der Waals surface area contributed by atoms with E-state index in [2.05, 4.69) is 52.8 Å². The molecule has 2 aromatic heterocycles. The zero-order valence-electron chi connectivity index (χ0n) is 15.7. The summed E-state index contributed by atoms with van der Waals surface area (Å²) in [5.74, 6) is 0.852. The quantitative estimate of drug-likeness (QED) is 0.672. The molecule has 0 atom stereocenters. The lowest BCUT2D eigenvalue weighted by atomic mass is 10.1. The third kappa shape index (κ3) is 3.01. The Bertz CT molecular complexity index is 956. The van der Waals surface area contributed by atoms with Crippen LogP contribution in [0.25, 0.3) is 22.9 Å². The number of hydrogen-bond donors (Lipinski definition) is 0. The van der Waals surface area contributed by atoms with Crippen LogP contribution in [-0.2, 0) is 17.6 Å². The molecule has 1 aliphatic heterocycles. The first-order valence-corrected chi connectivity index (χ1v) is 9.14. The molecule has 4 rings (SSSR count). The van der Waals surface area contributed by atoms with Crippen molar-refractivity contribution >= 4 is 22.9 Å². The van der Waals surface area contributed by atoms with Gasteiger partial charge in [0, 0.05) is 48.5 Å². The molecule has 0 amide bonds. The molecule has 0 radical (unpaired) electrons. The zero-order valence-corrected chi connectivity index (χ0v) is 15.7. The van der Waals surface area contributed by atoms with Crippen LogP contribution in [-0.4, -0.2) is 41.7 Å². The molecule has 0 saturated carbocycles. The topological polar surface area (TPSA) is 30.3 Å². The number of ether oxygens (including phenoxy) is 1. The molecule has 3 aromatic rings. The number of fused-ring (bicyclic) bond motifs is 3. The Balaban J connectivity index is 1.93. The summed E-state index contributed by atoms with van der Waals surface area (Å²) < 4.78 is 8.06. The maximum absolute atomic E-state index is 5.73. The molecule has 134 valence electrons. The van der Waals surface area contributed by atoms with Crippen molar-refractivity contribution in [2.24, 2.45) is 0 Å². The molecule has 0 spiro atoms. The monoisotopic (exact) mass is 347 g/mol. The van der Waals surface area contributed by atoms with Crippen molar-refractivity contribution in [1.82, 2.24) is 14.5 Å². The maximum Gasteiger partial charge on any atom is 0.142 e. The van der Waals surface area contributed by atoms with Crippen LogP contribution >= 0.6 is 0 Å². The number of likely N-dealkylation sites (N-methyl/N-ethyl adjacent to an activating group) is 1. The minimum absolute atomic E-state index is 0.852. The highest BCUT2D eigenvalue weighted by Crippen LogP contribution is 2.31. The highest BCUT2D eigenvalue weighted by Gasteiger charge is 2.20. The molecule has 3 heterocycles. The molecule has 0 unspecified atom stereocenters. The lowest BCUT2D eigenvalue weighted by Gasteiger charge is -2.13. The summed E-state index contributed by atoms with van der Waals surface area (Å²) >= 11 is 0. The van der Waals surface area contributed by atoms with E-state index in [1.807, 2.05) is 12.1 Å². The SMILES string of the molecule is CO/C(=C\n1c2c(c3cc(C)ccc31)CCN(C)CC2)c1ccncc1. The lowest BCUT2D eigenvalue weighted by Crippen LogP contribution is -2.21. The lowest BCUT2D eigenvalue weighted by molar-refractivity contribution is 0.351. The maximum atomic E-state index is 5.73.